The van der Waals surface area contributed by atoms with Crippen molar-refractivity contribution in [2.24, 2.45) is 0 Å². The third-order valence-corrected chi connectivity index (χ3v) is 3.15. The Morgan fingerprint density at radius 3 is 2.57 bits per heavy atom. The lowest BCUT2D eigenvalue weighted by atomic mass is 10.2. The molecule has 1 aliphatic heterocycles. The van der Waals surface area contributed by atoms with E-state index in [1.54, 1.807) is 18.1 Å². The number of hydrogen-bond acceptors (Lipinski definition) is 3. The van der Waals surface area contributed by atoms with Gasteiger partial charge in [-0.3, -0.25) is 0 Å². The minimum atomic E-state index is -4.61. The van der Waals surface area contributed by atoms with E-state index in [-0.39, 0.29) is 0 Å². The van der Waals surface area contributed by atoms with E-state index in [0.29, 0.717) is 6.42 Å². The summed E-state index contributed by atoms with van der Waals surface area (Å²) in [6, 6.07) is 0. The lowest BCUT2D eigenvalue weighted by Gasteiger charge is -2.26. The van der Waals surface area contributed by atoms with Crippen molar-refractivity contribution in [2.75, 3.05) is 7.05 Å². The third-order valence-electron chi connectivity index (χ3n) is 2.28. The van der Waals surface area contributed by atoms with Crippen LogP contribution in [0.25, 0.3) is 0 Å². The molecular formula is C8H15FN2O2S. The van der Waals surface area contributed by atoms with Crippen molar-refractivity contribution in [1.82, 2.24) is 9.21 Å². The van der Waals surface area contributed by atoms with Crippen LogP contribution in [0.3, 0.4) is 0 Å². The normalized spacial score (nSPS) is 22.1. The fraction of sp³-hybridized carbons (Fsp3) is 0.750. The first-order chi connectivity index (χ1) is 6.46. The molecule has 6 heteroatoms. The molecular weight excluding hydrogens is 207 g/mol. The molecule has 0 aliphatic carbocycles. The molecule has 0 radical (unpaired) electrons. The molecule has 1 aliphatic rings. The van der Waals surface area contributed by atoms with Crippen molar-refractivity contribution in [3.63, 3.8) is 0 Å². The topological polar surface area (TPSA) is 40.6 Å². The van der Waals surface area contributed by atoms with Crippen molar-refractivity contribution in [3.05, 3.63) is 12.4 Å². The average Bonchev–Trinajstić information content (AvgIpc) is 2.42. The Hall–Kier alpha value is -0.780. The molecule has 0 aromatic heterocycles. The summed E-state index contributed by atoms with van der Waals surface area (Å²) in [5.41, 5.74) is 0. The molecule has 1 rings (SSSR count). The highest BCUT2D eigenvalue weighted by molar-refractivity contribution is 7.84. The van der Waals surface area contributed by atoms with Crippen LogP contribution in [0, 0.1) is 0 Å². The summed E-state index contributed by atoms with van der Waals surface area (Å²) in [6.07, 6.45) is 4.91. The molecule has 0 fully saturated rings. The van der Waals surface area contributed by atoms with Gasteiger partial charge in [0.05, 0.1) is 0 Å². The standard InChI is InChI=1S/C8H15FN2O2S/c1-3-4-5-8-10(2)6-7-11(8)14(9,12)13/h6-8H,3-5H2,1-2H3. The fourth-order valence-electron chi connectivity index (χ4n) is 1.48. The van der Waals surface area contributed by atoms with Crippen molar-refractivity contribution in [2.45, 2.75) is 32.4 Å². The van der Waals surface area contributed by atoms with Gasteiger partial charge in [0.1, 0.15) is 6.17 Å². The molecule has 0 saturated heterocycles. The number of nitrogens with zero attached hydrogens (tertiary/aromatic N) is 2. The Bertz CT molecular complexity index is 315. The summed E-state index contributed by atoms with van der Waals surface area (Å²) in [5, 5.41) is 0. The molecule has 1 atom stereocenters. The van der Waals surface area contributed by atoms with Crippen LogP contribution in [0.15, 0.2) is 12.4 Å². The van der Waals surface area contributed by atoms with Crippen molar-refractivity contribution >= 4 is 10.4 Å². The highest BCUT2D eigenvalue weighted by atomic mass is 32.3. The Morgan fingerprint density at radius 1 is 1.43 bits per heavy atom. The van der Waals surface area contributed by atoms with Gasteiger partial charge in [-0.15, -0.1) is 0 Å². The van der Waals surface area contributed by atoms with Gasteiger partial charge in [-0.2, -0.15) is 8.42 Å². The summed E-state index contributed by atoms with van der Waals surface area (Å²) in [6.45, 7) is 2.01. The van der Waals surface area contributed by atoms with E-state index in [1.165, 1.54) is 6.20 Å². The van der Waals surface area contributed by atoms with Crippen LogP contribution in [0.4, 0.5) is 3.89 Å². The number of hydrogen-bond donors (Lipinski definition) is 0. The average molecular weight is 222 g/mol. The molecule has 0 spiro atoms. The highest BCUT2D eigenvalue weighted by Crippen LogP contribution is 2.23. The smallest absolute Gasteiger partial charge is 0.358 e. The van der Waals surface area contributed by atoms with Gasteiger partial charge in [0.25, 0.3) is 0 Å². The van der Waals surface area contributed by atoms with Crippen molar-refractivity contribution in [3.8, 4) is 0 Å². The molecule has 0 bridgehead atoms. The van der Waals surface area contributed by atoms with Gasteiger partial charge in [-0.25, -0.2) is 4.31 Å². The lowest BCUT2D eigenvalue weighted by Crippen LogP contribution is -2.38. The first-order valence-corrected chi connectivity index (χ1v) is 5.94. The molecule has 4 nitrogen and oxygen atoms in total. The van der Waals surface area contributed by atoms with Gasteiger partial charge < -0.3 is 4.90 Å². The van der Waals surface area contributed by atoms with Crippen molar-refractivity contribution < 1.29 is 12.3 Å². The van der Waals surface area contributed by atoms with Gasteiger partial charge >= 0.3 is 10.4 Å². The van der Waals surface area contributed by atoms with Gasteiger partial charge in [0.2, 0.25) is 0 Å². The molecule has 0 N–H and O–H groups in total. The largest absolute Gasteiger partial charge is 0.400 e. The molecule has 14 heavy (non-hydrogen) atoms. The maximum Gasteiger partial charge on any atom is 0.400 e. The molecule has 82 valence electrons. The van der Waals surface area contributed by atoms with Gasteiger partial charge in [-0.05, 0) is 12.8 Å². The van der Waals surface area contributed by atoms with E-state index in [9.17, 15) is 12.3 Å². The minimum absolute atomic E-state index is 0.398. The van der Waals surface area contributed by atoms with Gasteiger partial charge in [0, 0.05) is 19.4 Å². The summed E-state index contributed by atoms with van der Waals surface area (Å²) in [5.74, 6) is 0. The SMILES string of the molecule is CCCCC1N(C)C=CN1S(=O)(=O)F. The molecule has 1 unspecified atom stereocenters. The molecule has 1 heterocycles. The molecule has 0 saturated carbocycles. The summed E-state index contributed by atoms with van der Waals surface area (Å²) < 4.78 is 35.0. The monoisotopic (exact) mass is 222 g/mol. The second-order valence-corrected chi connectivity index (χ2v) is 4.60. The van der Waals surface area contributed by atoms with E-state index in [2.05, 4.69) is 0 Å². The van der Waals surface area contributed by atoms with E-state index >= 15 is 0 Å². The zero-order valence-electron chi connectivity index (χ0n) is 8.35. The van der Waals surface area contributed by atoms with Gasteiger partial charge in [-0.1, -0.05) is 17.2 Å². The van der Waals surface area contributed by atoms with Crippen LogP contribution < -0.4 is 0 Å². The van der Waals surface area contributed by atoms with Crippen LogP contribution in [-0.4, -0.2) is 30.8 Å². The Balaban J connectivity index is 2.71. The minimum Gasteiger partial charge on any atom is -0.358 e. The zero-order valence-corrected chi connectivity index (χ0v) is 9.17. The number of rotatable bonds is 4. The zero-order chi connectivity index (χ0) is 10.8. The third kappa shape index (κ3) is 2.37. The molecule has 0 aromatic rings. The van der Waals surface area contributed by atoms with Crippen LogP contribution in [0.1, 0.15) is 26.2 Å². The van der Waals surface area contributed by atoms with E-state index in [0.717, 1.165) is 17.1 Å². The van der Waals surface area contributed by atoms with E-state index < -0.39 is 16.6 Å². The summed E-state index contributed by atoms with van der Waals surface area (Å²) >= 11 is 0. The highest BCUT2D eigenvalue weighted by Gasteiger charge is 2.32. The molecule has 0 aromatic carbocycles. The van der Waals surface area contributed by atoms with Crippen LogP contribution >= 0.6 is 0 Å². The predicted molar refractivity (Wildman–Crippen MR) is 52.1 cm³/mol. The second kappa shape index (κ2) is 4.16. The second-order valence-electron chi connectivity index (χ2n) is 3.36. The number of halogens is 1. The lowest BCUT2D eigenvalue weighted by molar-refractivity contribution is 0.225. The van der Waals surface area contributed by atoms with Gasteiger partial charge in [0.15, 0.2) is 0 Å². The number of unbranched alkanes of at least 4 members (excludes halogenated alkanes) is 1. The van der Waals surface area contributed by atoms with E-state index in [4.69, 9.17) is 0 Å². The first kappa shape index (κ1) is 11.3. The maximum absolute atomic E-state index is 12.8. The Labute approximate surface area is 84.3 Å². The Kier molecular flexibility index (Phi) is 3.36. The van der Waals surface area contributed by atoms with Crippen LogP contribution in [-0.2, 0) is 10.4 Å². The first-order valence-electron chi connectivity index (χ1n) is 4.60. The van der Waals surface area contributed by atoms with Crippen LogP contribution in [0.2, 0.25) is 0 Å². The van der Waals surface area contributed by atoms with E-state index in [1.807, 2.05) is 6.92 Å². The predicted octanol–water partition coefficient (Wildman–Crippen LogP) is 1.44. The van der Waals surface area contributed by atoms with Crippen LogP contribution in [0.5, 0.6) is 0 Å². The summed E-state index contributed by atoms with van der Waals surface area (Å²) in [7, 11) is -2.87. The van der Waals surface area contributed by atoms with Crippen molar-refractivity contribution in [1.29, 1.82) is 0 Å². The quantitative estimate of drug-likeness (QED) is 0.676. The maximum atomic E-state index is 12.8. The Morgan fingerprint density at radius 2 is 2.07 bits per heavy atom. The summed E-state index contributed by atoms with van der Waals surface area (Å²) in [4.78, 5) is 1.70. The fourth-order valence-corrected chi connectivity index (χ4v) is 2.23. The molecule has 0 amide bonds.